The minimum Gasteiger partial charge on any atom is -0.496 e. The highest BCUT2D eigenvalue weighted by molar-refractivity contribution is 5.40. The van der Waals surface area contributed by atoms with E-state index in [4.69, 9.17) is 10.5 Å². The van der Waals surface area contributed by atoms with Crippen LogP contribution in [-0.4, -0.2) is 17.3 Å². The van der Waals surface area contributed by atoms with E-state index in [1.165, 1.54) is 0 Å². The van der Waals surface area contributed by atoms with Gasteiger partial charge in [-0.2, -0.15) is 10.2 Å². The van der Waals surface area contributed by atoms with Crippen molar-refractivity contribution in [2.75, 3.05) is 7.11 Å². The van der Waals surface area contributed by atoms with Gasteiger partial charge in [-0.05, 0) is 17.7 Å². The van der Waals surface area contributed by atoms with Crippen molar-refractivity contribution in [3.8, 4) is 5.75 Å². The number of aromatic nitrogens is 2. The van der Waals surface area contributed by atoms with E-state index in [9.17, 15) is 0 Å². The van der Waals surface area contributed by atoms with E-state index in [2.05, 4.69) is 10.2 Å². The second-order valence-corrected chi connectivity index (χ2v) is 3.40. The molecule has 1 atom stereocenters. The van der Waals surface area contributed by atoms with Crippen molar-refractivity contribution in [2.45, 2.75) is 6.04 Å². The summed E-state index contributed by atoms with van der Waals surface area (Å²) in [6.07, 6.45) is 3.29. The molecule has 0 spiro atoms. The summed E-state index contributed by atoms with van der Waals surface area (Å²) in [6.45, 7) is 0. The van der Waals surface area contributed by atoms with Crippen LogP contribution in [0.3, 0.4) is 0 Å². The molecule has 4 nitrogen and oxygen atoms in total. The molecule has 0 aliphatic rings. The minimum atomic E-state index is -0.244. The van der Waals surface area contributed by atoms with Crippen molar-refractivity contribution in [3.05, 3.63) is 53.9 Å². The fourth-order valence-corrected chi connectivity index (χ4v) is 1.59. The summed E-state index contributed by atoms with van der Waals surface area (Å²) in [5, 5.41) is 7.54. The van der Waals surface area contributed by atoms with E-state index in [0.717, 1.165) is 16.9 Å². The van der Waals surface area contributed by atoms with Crippen molar-refractivity contribution < 1.29 is 4.74 Å². The van der Waals surface area contributed by atoms with Crippen LogP contribution in [0.5, 0.6) is 5.75 Å². The molecule has 1 aromatic carbocycles. The lowest BCUT2D eigenvalue weighted by Gasteiger charge is -2.15. The topological polar surface area (TPSA) is 61.0 Å². The van der Waals surface area contributed by atoms with Gasteiger partial charge < -0.3 is 10.5 Å². The summed E-state index contributed by atoms with van der Waals surface area (Å²) >= 11 is 0. The second-order valence-electron chi connectivity index (χ2n) is 3.40. The zero-order valence-corrected chi connectivity index (χ0v) is 9.00. The average Bonchev–Trinajstić information content (AvgIpc) is 2.39. The number of para-hydroxylation sites is 1. The van der Waals surface area contributed by atoms with Crippen molar-refractivity contribution in [1.29, 1.82) is 0 Å². The largest absolute Gasteiger partial charge is 0.496 e. The van der Waals surface area contributed by atoms with Crippen LogP contribution in [0.2, 0.25) is 0 Å². The van der Waals surface area contributed by atoms with E-state index in [1.807, 2.05) is 30.3 Å². The Labute approximate surface area is 94.1 Å². The van der Waals surface area contributed by atoms with Crippen molar-refractivity contribution >= 4 is 0 Å². The molecule has 2 N–H and O–H groups in total. The normalized spacial score (nSPS) is 12.1. The van der Waals surface area contributed by atoms with Crippen LogP contribution in [0, 0.1) is 0 Å². The molecule has 16 heavy (non-hydrogen) atoms. The SMILES string of the molecule is COc1ccccc1C(N)c1ccnnc1. The highest BCUT2D eigenvalue weighted by Crippen LogP contribution is 2.27. The lowest BCUT2D eigenvalue weighted by molar-refractivity contribution is 0.408. The lowest BCUT2D eigenvalue weighted by Crippen LogP contribution is -2.13. The van der Waals surface area contributed by atoms with Gasteiger partial charge in [0.1, 0.15) is 5.75 Å². The Kier molecular flexibility index (Phi) is 3.12. The molecule has 1 aromatic heterocycles. The third kappa shape index (κ3) is 2.01. The van der Waals surface area contributed by atoms with Gasteiger partial charge in [-0.3, -0.25) is 0 Å². The molecule has 1 heterocycles. The number of rotatable bonds is 3. The van der Waals surface area contributed by atoms with Gasteiger partial charge in [0.05, 0.1) is 19.3 Å². The number of ether oxygens (including phenoxy) is 1. The fraction of sp³-hybridized carbons (Fsp3) is 0.167. The molecule has 0 radical (unpaired) electrons. The maximum atomic E-state index is 6.14. The van der Waals surface area contributed by atoms with Crippen LogP contribution in [0.4, 0.5) is 0 Å². The van der Waals surface area contributed by atoms with Gasteiger partial charge in [-0.15, -0.1) is 0 Å². The third-order valence-electron chi connectivity index (χ3n) is 2.44. The number of nitrogens with two attached hydrogens (primary N) is 1. The van der Waals surface area contributed by atoms with Crippen LogP contribution in [0.25, 0.3) is 0 Å². The van der Waals surface area contributed by atoms with Gasteiger partial charge in [0, 0.05) is 11.8 Å². The predicted octanol–water partition coefficient (Wildman–Crippen LogP) is 1.53. The molecule has 82 valence electrons. The molecule has 0 bridgehead atoms. The highest BCUT2D eigenvalue weighted by Gasteiger charge is 2.13. The van der Waals surface area contributed by atoms with Crippen LogP contribution in [0.15, 0.2) is 42.7 Å². The van der Waals surface area contributed by atoms with Gasteiger partial charge in [-0.25, -0.2) is 0 Å². The lowest BCUT2D eigenvalue weighted by atomic mass is 10.0. The summed E-state index contributed by atoms with van der Waals surface area (Å²) < 4.78 is 5.27. The maximum absolute atomic E-state index is 6.14. The van der Waals surface area contributed by atoms with Crippen LogP contribution < -0.4 is 10.5 Å². The summed E-state index contributed by atoms with van der Waals surface area (Å²) in [4.78, 5) is 0. The third-order valence-corrected chi connectivity index (χ3v) is 2.44. The fourth-order valence-electron chi connectivity index (χ4n) is 1.59. The number of nitrogens with zero attached hydrogens (tertiary/aromatic N) is 2. The molecule has 0 aliphatic carbocycles. The molecule has 2 rings (SSSR count). The van der Waals surface area contributed by atoms with E-state index in [1.54, 1.807) is 19.5 Å². The highest BCUT2D eigenvalue weighted by atomic mass is 16.5. The number of hydrogen-bond donors (Lipinski definition) is 1. The number of benzene rings is 1. The second kappa shape index (κ2) is 4.72. The molecule has 4 heteroatoms. The first-order valence-corrected chi connectivity index (χ1v) is 4.98. The van der Waals surface area contributed by atoms with Crippen molar-refractivity contribution in [1.82, 2.24) is 10.2 Å². The molecule has 0 fully saturated rings. The van der Waals surface area contributed by atoms with E-state index in [-0.39, 0.29) is 6.04 Å². The van der Waals surface area contributed by atoms with E-state index >= 15 is 0 Å². The van der Waals surface area contributed by atoms with Crippen molar-refractivity contribution in [3.63, 3.8) is 0 Å². The Morgan fingerprint density at radius 3 is 2.69 bits per heavy atom. The first kappa shape index (κ1) is 10.6. The first-order valence-electron chi connectivity index (χ1n) is 4.98. The Balaban J connectivity index is 2.37. The standard InChI is InChI=1S/C12H13N3O/c1-16-11-5-3-2-4-10(11)12(13)9-6-7-14-15-8-9/h2-8,12H,13H2,1H3. The maximum Gasteiger partial charge on any atom is 0.123 e. The Hall–Kier alpha value is -1.94. The van der Waals surface area contributed by atoms with E-state index < -0.39 is 0 Å². The zero-order valence-electron chi connectivity index (χ0n) is 9.00. The summed E-state index contributed by atoms with van der Waals surface area (Å²) in [5.41, 5.74) is 8.00. The Morgan fingerprint density at radius 1 is 1.19 bits per heavy atom. The molecule has 1 unspecified atom stereocenters. The van der Waals surface area contributed by atoms with Gasteiger partial charge in [-0.1, -0.05) is 18.2 Å². The number of hydrogen-bond acceptors (Lipinski definition) is 4. The van der Waals surface area contributed by atoms with Gasteiger partial charge in [0.25, 0.3) is 0 Å². The smallest absolute Gasteiger partial charge is 0.123 e. The van der Waals surface area contributed by atoms with Gasteiger partial charge >= 0.3 is 0 Å². The molecule has 2 aromatic rings. The predicted molar refractivity (Wildman–Crippen MR) is 61.1 cm³/mol. The van der Waals surface area contributed by atoms with Crippen LogP contribution in [0.1, 0.15) is 17.2 Å². The summed E-state index contributed by atoms with van der Waals surface area (Å²) in [7, 11) is 1.64. The average molecular weight is 215 g/mol. The van der Waals surface area contributed by atoms with Crippen molar-refractivity contribution in [2.24, 2.45) is 5.73 Å². The Morgan fingerprint density at radius 2 is 2.00 bits per heavy atom. The van der Waals surface area contributed by atoms with Crippen LogP contribution >= 0.6 is 0 Å². The molecule has 0 saturated heterocycles. The summed E-state index contributed by atoms with van der Waals surface area (Å²) in [5.74, 6) is 0.784. The molecular weight excluding hydrogens is 202 g/mol. The minimum absolute atomic E-state index is 0.244. The zero-order chi connectivity index (χ0) is 11.4. The number of methoxy groups -OCH3 is 1. The molecule has 0 aliphatic heterocycles. The molecule has 0 saturated carbocycles. The van der Waals surface area contributed by atoms with Crippen LogP contribution in [-0.2, 0) is 0 Å². The van der Waals surface area contributed by atoms with E-state index in [0.29, 0.717) is 0 Å². The quantitative estimate of drug-likeness (QED) is 0.843. The monoisotopic (exact) mass is 215 g/mol. The first-order chi connectivity index (χ1) is 7.83. The summed E-state index contributed by atoms with van der Waals surface area (Å²) in [6, 6.07) is 9.30. The Bertz CT molecular complexity index is 459. The van der Waals surface area contributed by atoms with Gasteiger partial charge in [0.2, 0.25) is 0 Å². The molecule has 0 amide bonds. The molecular formula is C12H13N3O. The van der Waals surface area contributed by atoms with Gasteiger partial charge in [0.15, 0.2) is 0 Å².